The number of ether oxygens (including phenoxy) is 2. The normalized spacial score (nSPS) is 20.0. The lowest BCUT2D eigenvalue weighted by molar-refractivity contribution is -0.130. The van der Waals surface area contributed by atoms with Crippen molar-refractivity contribution in [1.29, 1.82) is 0 Å². The minimum atomic E-state index is 0.0312. The van der Waals surface area contributed by atoms with Crippen molar-refractivity contribution < 1.29 is 19.4 Å². The van der Waals surface area contributed by atoms with Gasteiger partial charge in [-0.05, 0) is 48.6 Å². The van der Waals surface area contributed by atoms with Gasteiger partial charge < -0.3 is 19.5 Å². The summed E-state index contributed by atoms with van der Waals surface area (Å²) in [6.07, 6.45) is 5.35. The zero-order chi connectivity index (χ0) is 18.0. The molecule has 1 unspecified atom stereocenters. The van der Waals surface area contributed by atoms with Gasteiger partial charge >= 0.3 is 0 Å². The van der Waals surface area contributed by atoms with E-state index in [0.717, 1.165) is 37.1 Å². The number of benzene rings is 1. The van der Waals surface area contributed by atoms with E-state index in [0.29, 0.717) is 12.2 Å². The van der Waals surface area contributed by atoms with Crippen molar-refractivity contribution in [3.05, 3.63) is 46.7 Å². The zero-order valence-corrected chi connectivity index (χ0v) is 15.0. The Balaban J connectivity index is 1.89. The summed E-state index contributed by atoms with van der Waals surface area (Å²) in [5.74, 6) is 1.69. The number of carbonyl (C=O) groups excluding carboxylic acids is 1. The third-order valence-electron chi connectivity index (χ3n) is 5.16. The van der Waals surface area contributed by atoms with E-state index in [1.807, 2.05) is 11.0 Å². The number of phenolic OH excluding ortho intramolecular Hbond substituents is 1. The molecule has 5 heteroatoms. The maximum absolute atomic E-state index is 12.2. The van der Waals surface area contributed by atoms with Gasteiger partial charge in [0.1, 0.15) is 0 Å². The Morgan fingerprint density at radius 3 is 2.76 bits per heavy atom. The van der Waals surface area contributed by atoms with E-state index in [1.165, 1.54) is 18.3 Å². The molecule has 25 heavy (non-hydrogen) atoms. The van der Waals surface area contributed by atoms with Crippen LogP contribution in [0.5, 0.6) is 11.5 Å². The summed E-state index contributed by atoms with van der Waals surface area (Å²) in [4.78, 5) is 14.1. The van der Waals surface area contributed by atoms with Gasteiger partial charge in [-0.1, -0.05) is 11.6 Å². The second-order valence-corrected chi connectivity index (χ2v) is 6.57. The predicted molar refractivity (Wildman–Crippen MR) is 95.5 cm³/mol. The fraction of sp³-hybridized carbons (Fsp3) is 0.450. The molecule has 1 aromatic carbocycles. The van der Waals surface area contributed by atoms with Crippen LogP contribution in [0.2, 0.25) is 0 Å². The maximum atomic E-state index is 12.2. The lowest BCUT2D eigenvalue weighted by atomic mass is 9.82. The van der Waals surface area contributed by atoms with Crippen LogP contribution in [0.1, 0.15) is 31.7 Å². The molecule has 2 aliphatic rings. The van der Waals surface area contributed by atoms with Gasteiger partial charge in [0.15, 0.2) is 11.5 Å². The molecule has 1 aliphatic heterocycles. The quantitative estimate of drug-likeness (QED) is 0.853. The SMILES string of the molecule is COC1=CCC2=C(CCN(C(C)=O)C2Cc2ccc(OC)c(O)c2)C1. The van der Waals surface area contributed by atoms with Gasteiger partial charge in [0.25, 0.3) is 0 Å². The summed E-state index contributed by atoms with van der Waals surface area (Å²) in [5.41, 5.74) is 3.70. The summed E-state index contributed by atoms with van der Waals surface area (Å²) >= 11 is 0. The maximum Gasteiger partial charge on any atom is 0.219 e. The molecule has 1 aliphatic carbocycles. The number of amides is 1. The van der Waals surface area contributed by atoms with Crippen LogP contribution in [0.3, 0.4) is 0 Å². The first kappa shape index (κ1) is 17.4. The van der Waals surface area contributed by atoms with Crippen molar-refractivity contribution in [2.75, 3.05) is 20.8 Å². The van der Waals surface area contributed by atoms with Crippen molar-refractivity contribution in [2.24, 2.45) is 0 Å². The Bertz CT molecular complexity index is 735. The fourth-order valence-electron chi connectivity index (χ4n) is 3.84. The van der Waals surface area contributed by atoms with Crippen LogP contribution in [0.25, 0.3) is 0 Å². The Kier molecular flexibility index (Phi) is 5.02. The molecule has 0 fully saturated rings. The average Bonchev–Trinajstić information content (AvgIpc) is 2.61. The molecule has 1 atom stereocenters. The van der Waals surface area contributed by atoms with Gasteiger partial charge in [0, 0.05) is 19.9 Å². The van der Waals surface area contributed by atoms with Crippen LogP contribution in [-0.2, 0) is 16.0 Å². The predicted octanol–water partition coefficient (Wildman–Crippen LogP) is 3.18. The number of nitrogens with zero attached hydrogens (tertiary/aromatic N) is 1. The van der Waals surface area contributed by atoms with Gasteiger partial charge in [0.2, 0.25) is 5.91 Å². The van der Waals surface area contributed by atoms with Crippen LogP contribution in [0.4, 0.5) is 0 Å². The van der Waals surface area contributed by atoms with E-state index >= 15 is 0 Å². The zero-order valence-electron chi connectivity index (χ0n) is 15.0. The molecule has 134 valence electrons. The Labute approximate surface area is 148 Å². The van der Waals surface area contributed by atoms with Crippen LogP contribution >= 0.6 is 0 Å². The van der Waals surface area contributed by atoms with Crippen molar-refractivity contribution in [3.63, 3.8) is 0 Å². The average molecular weight is 343 g/mol. The first-order valence-corrected chi connectivity index (χ1v) is 8.60. The van der Waals surface area contributed by atoms with Crippen molar-refractivity contribution in [2.45, 2.75) is 38.6 Å². The molecule has 0 spiro atoms. The second-order valence-electron chi connectivity index (χ2n) is 6.57. The number of allylic oxidation sites excluding steroid dienone is 2. The topological polar surface area (TPSA) is 59.0 Å². The monoisotopic (exact) mass is 343 g/mol. The highest BCUT2D eigenvalue weighted by atomic mass is 16.5. The number of aromatic hydroxyl groups is 1. The largest absolute Gasteiger partial charge is 0.504 e. The van der Waals surface area contributed by atoms with Crippen molar-refractivity contribution in [3.8, 4) is 11.5 Å². The number of carbonyl (C=O) groups is 1. The third kappa shape index (κ3) is 3.50. The minimum Gasteiger partial charge on any atom is -0.504 e. The van der Waals surface area contributed by atoms with Crippen molar-refractivity contribution >= 4 is 5.91 Å². The summed E-state index contributed by atoms with van der Waals surface area (Å²) in [5, 5.41) is 10.1. The second kappa shape index (κ2) is 7.21. The molecule has 1 N–H and O–H groups in total. The van der Waals surface area contributed by atoms with E-state index in [9.17, 15) is 9.90 Å². The molecule has 1 aromatic rings. The summed E-state index contributed by atoms with van der Waals surface area (Å²) in [6, 6.07) is 5.48. The Morgan fingerprint density at radius 2 is 2.12 bits per heavy atom. The van der Waals surface area contributed by atoms with Crippen LogP contribution in [0, 0.1) is 0 Å². The highest BCUT2D eigenvalue weighted by Gasteiger charge is 2.32. The first-order chi connectivity index (χ1) is 12.0. The fourth-order valence-corrected chi connectivity index (χ4v) is 3.84. The minimum absolute atomic E-state index is 0.0312. The van der Waals surface area contributed by atoms with Gasteiger partial charge in [-0.15, -0.1) is 0 Å². The van der Waals surface area contributed by atoms with Crippen LogP contribution in [-0.4, -0.2) is 42.7 Å². The molecular weight excluding hydrogens is 318 g/mol. The van der Waals surface area contributed by atoms with Gasteiger partial charge in [-0.2, -0.15) is 0 Å². The van der Waals surface area contributed by atoms with E-state index in [2.05, 4.69) is 6.08 Å². The van der Waals surface area contributed by atoms with Crippen molar-refractivity contribution in [1.82, 2.24) is 4.90 Å². The van der Waals surface area contributed by atoms with Gasteiger partial charge in [0.05, 0.1) is 26.0 Å². The van der Waals surface area contributed by atoms with Crippen LogP contribution < -0.4 is 4.74 Å². The number of hydrogen-bond acceptors (Lipinski definition) is 4. The number of phenols is 1. The van der Waals surface area contributed by atoms with Gasteiger partial charge in [-0.25, -0.2) is 0 Å². The van der Waals surface area contributed by atoms with Crippen LogP contribution in [0.15, 0.2) is 41.2 Å². The smallest absolute Gasteiger partial charge is 0.219 e. The molecular formula is C20H25NO4. The summed E-state index contributed by atoms with van der Waals surface area (Å²) in [7, 11) is 3.24. The molecule has 1 heterocycles. The highest BCUT2D eigenvalue weighted by molar-refractivity contribution is 5.74. The summed E-state index contributed by atoms with van der Waals surface area (Å²) < 4.78 is 10.5. The Hall–Kier alpha value is -2.43. The molecule has 3 rings (SSSR count). The highest BCUT2D eigenvalue weighted by Crippen LogP contribution is 2.37. The third-order valence-corrected chi connectivity index (χ3v) is 5.16. The van der Waals surface area contributed by atoms with E-state index < -0.39 is 0 Å². The lowest BCUT2D eigenvalue weighted by Gasteiger charge is -2.40. The Morgan fingerprint density at radius 1 is 1.32 bits per heavy atom. The number of hydrogen-bond donors (Lipinski definition) is 1. The number of rotatable bonds is 4. The molecule has 0 saturated carbocycles. The van der Waals surface area contributed by atoms with Gasteiger partial charge in [-0.3, -0.25) is 4.79 Å². The molecule has 0 radical (unpaired) electrons. The summed E-state index contributed by atoms with van der Waals surface area (Å²) in [6.45, 7) is 2.36. The molecule has 0 bridgehead atoms. The lowest BCUT2D eigenvalue weighted by Crippen LogP contribution is -2.45. The van der Waals surface area contributed by atoms with E-state index in [-0.39, 0.29) is 17.7 Å². The first-order valence-electron chi connectivity index (χ1n) is 8.60. The molecule has 0 saturated heterocycles. The number of methoxy groups -OCH3 is 2. The molecule has 5 nitrogen and oxygen atoms in total. The standard InChI is InChI=1S/C20H25NO4/c1-13(22)21-9-8-15-12-16(24-2)5-6-17(15)18(21)10-14-4-7-20(25-3)19(23)11-14/h4-5,7,11,18,23H,6,8-10,12H2,1-3H3. The molecule has 0 aromatic heterocycles. The molecule has 1 amide bonds. The van der Waals surface area contributed by atoms with E-state index in [1.54, 1.807) is 26.2 Å². The van der Waals surface area contributed by atoms with E-state index in [4.69, 9.17) is 9.47 Å².